The molecule has 15 heavy (non-hydrogen) atoms. The number of rotatable bonds is 3. The van der Waals surface area contributed by atoms with E-state index in [4.69, 9.17) is 4.74 Å². The normalized spacial score (nSPS) is 21.3. The molecule has 0 bridgehead atoms. The van der Waals surface area contributed by atoms with E-state index in [1.807, 2.05) is 0 Å². The van der Waals surface area contributed by atoms with E-state index in [1.165, 1.54) is 0 Å². The van der Waals surface area contributed by atoms with Crippen molar-refractivity contribution in [1.29, 1.82) is 0 Å². The van der Waals surface area contributed by atoms with Crippen molar-refractivity contribution >= 4 is 28.5 Å². The summed E-state index contributed by atoms with van der Waals surface area (Å²) in [5, 5.41) is 6.42. The summed E-state index contributed by atoms with van der Waals surface area (Å²) in [4.78, 5) is 8.31. The molecular formula is C9H13IN4O. The van der Waals surface area contributed by atoms with Crippen LogP contribution in [0.25, 0.3) is 0 Å². The largest absolute Gasteiger partial charge is 0.374 e. The summed E-state index contributed by atoms with van der Waals surface area (Å²) < 4.78 is 6.58. The average Bonchev–Trinajstić information content (AvgIpc) is 2.30. The van der Waals surface area contributed by atoms with Crippen molar-refractivity contribution in [2.45, 2.75) is 6.10 Å². The summed E-state index contributed by atoms with van der Waals surface area (Å²) in [6, 6.07) is 0. The van der Waals surface area contributed by atoms with E-state index in [-0.39, 0.29) is 6.10 Å². The fraction of sp³-hybridized carbons (Fsp3) is 0.556. The van der Waals surface area contributed by atoms with Crippen LogP contribution < -0.4 is 10.6 Å². The van der Waals surface area contributed by atoms with E-state index in [2.05, 4.69) is 43.2 Å². The second-order valence-electron chi connectivity index (χ2n) is 3.30. The summed E-state index contributed by atoms with van der Waals surface area (Å²) in [7, 11) is 0. The Morgan fingerprint density at radius 1 is 1.53 bits per heavy atom. The van der Waals surface area contributed by atoms with Crippen molar-refractivity contribution in [3.05, 3.63) is 16.0 Å². The van der Waals surface area contributed by atoms with Gasteiger partial charge < -0.3 is 15.4 Å². The molecule has 1 aliphatic heterocycles. The minimum atomic E-state index is 0.210. The number of nitrogens with zero attached hydrogens (tertiary/aromatic N) is 2. The number of hydrogen-bond acceptors (Lipinski definition) is 5. The second kappa shape index (κ2) is 5.57. The molecule has 1 atom stereocenters. The molecule has 1 aromatic heterocycles. The monoisotopic (exact) mass is 320 g/mol. The number of morpholine rings is 1. The van der Waals surface area contributed by atoms with Gasteiger partial charge in [-0.1, -0.05) is 0 Å². The van der Waals surface area contributed by atoms with Crippen LogP contribution in [0.1, 0.15) is 0 Å². The molecule has 82 valence electrons. The Morgan fingerprint density at radius 3 is 3.00 bits per heavy atom. The summed E-state index contributed by atoms with van der Waals surface area (Å²) in [5.41, 5.74) is 0. The minimum absolute atomic E-state index is 0.210. The highest BCUT2D eigenvalue weighted by atomic mass is 127. The quantitative estimate of drug-likeness (QED) is 0.794. The number of halogens is 1. The topological polar surface area (TPSA) is 59.1 Å². The molecule has 1 unspecified atom stereocenters. The lowest BCUT2D eigenvalue weighted by atomic mass is 10.3. The number of ether oxygens (including phenoxy) is 1. The van der Waals surface area contributed by atoms with E-state index in [1.54, 1.807) is 12.4 Å². The van der Waals surface area contributed by atoms with Gasteiger partial charge in [0.25, 0.3) is 0 Å². The van der Waals surface area contributed by atoms with Crippen molar-refractivity contribution in [2.24, 2.45) is 0 Å². The molecule has 5 nitrogen and oxygen atoms in total. The Labute approximate surface area is 102 Å². The molecule has 1 aliphatic rings. The first-order chi connectivity index (χ1) is 7.34. The zero-order chi connectivity index (χ0) is 10.5. The fourth-order valence-corrected chi connectivity index (χ4v) is 1.64. The first-order valence-corrected chi connectivity index (χ1v) is 5.96. The lowest BCUT2D eigenvalue weighted by molar-refractivity contribution is 0.0371. The molecule has 1 fully saturated rings. The average molecular weight is 320 g/mol. The van der Waals surface area contributed by atoms with E-state index in [0.29, 0.717) is 5.95 Å². The molecule has 0 radical (unpaired) electrons. The van der Waals surface area contributed by atoms with E-state index in [0.717, 1.165) is 29.8 Å². The van der Waals surface area contributed by atoms with Crippen molar-refractivity contribution < 1.29 is 4.74 Å². The predicted octanol–water partition coefficient (Wildman–Crippen LogP) is 0.481. The third-order valence-corrected chi connectivity index (χ3v) is 2.67. The minimum Gasteiger partial charge on any atom is -0.374 e. The molecule has 2 heterocycles. The van der Waals surface area contributed by atoms with Crippen LogP contribution in [0.4, 0.5) is 5.95 Å². The molecule has 0 saturated carbocycles. The van der Waals surface area contributed by atoms with Gasteiger partial charge in [0, 0.05) is 35.6 Å². The van der Waals surface area contributed by atoms with E-state index >= 15 is 0 Å². The van der Waals surface area contributed by atoms with E-state index < -0.39 is 0 Å². The highest BCUT2D eigenvalue weighted by Crippen LogP contribution is 2.03. The number of nitrogens with one attached hydrogen (secondary N) is 2. The smallest absolute Gasteiger partial charge is 0.222 e. The Morgan fingerprint density at radius 2 is 2.33 bits per heavy atom. The van der Waals surface area contributed by atoms with Crippen LogP contribution in [-0.4, -0.2) is 42.3 Å². The van der Waals surface area contributed by atoms with Crippen LogP contribution in [0.15, 0.2) is 12.4 Å². The third kappa shape index (κ3) is 3.54. The summed E-state index contributed by atoms with van der Waals surface area (Å²) in [5.74, 6) is 0.657. The number of anilines is 1. The zero-order valence-electron chi connectivity index (χ0n) is 8.24. The molecule has 2 rings (SSSR count). The van der Waals surface area contributed by atoms with Crippen LogP contribution >= 0.6 is 22.6 Å². The molecule has 0 aromatic carbocycles. The van der Waals surface area contributed by atoms with Crippen molar-refractivity contribution in [2.75, 3.05) is 31.6 Å². The van der Waals surface area contributed by atoms with Gasteiger partial charge >= 0.3 is 0 Å². The molecule has 0 spiro atoms. The SMILES string of the molecule is Ic1cnc(NCC2CNCCO2)nc1. The maximum absolute atomic E-state index is 5.54. The van der Waals surface area contributed by atoms with Gasteiger partial charge in [0.1, 0.15) is 0 Å². The summed E-state index contributed by atoms with van der Waals surface area (Å²) in [6.45, 7) is 3.35. The molecule has 0 aliphatic carbocycles. The van der Waals surface area contributed by atoms with Gasteiger partial charge in [0.2, 0.25) is 5.95 Å². The van der Waals surface area contributed by atoms with Crippen LogP contribution in [0.5, 0.6) is 0 Å². The van der Waals surface area contributed by atoms with Crippen LogP contribution in [0.2, 0.25) is 0 Å². The lowest BCUT2D eigenvalue weighted by Crippen LogP contribution is -2.42. The highest BCUT2D eigenvalue weighted by molar-refractivity contribution is 14.1. The van der Waals surface area contributed by atoms with Crippen molar-refractivity contribution in [1.82, 2.24) is 15.3 Å². The number of hydrogen-bond donors (Lipinski definition) is 2. The maximum atomic E-state index is 5.54. The van der Waals surface area contributed by atoms with Gasteiger partial charge in [-0.05, 0) is 22.6 Å². The van der Waals surface area contributed by atoms with Gasteiger partial charge in [-0.2, -0.15) is 0 Å². The van der Waals surface area contributed by atoms with Gasteiger partial charge in [-0.25, -0.2) is 9.97 Å². The Hall–Kier alpha value is -0.470. The first-order valence-electron chi connectivity index (χ1n) is 4.88. The zero-order valence-corrected chi connectivity index (χ0v) is 10.4. The van der Waals surface area contributed by atoms with Crippen LogP contribution in [0, 0.1) is 3.57 Å². The van der Waals surface area contributed by atoms with E-state index in [9.17, 15) is 0 Å². The second-order valence-corrected chi connectivity index (χ2v) is 4.55. The van der Waals surface area contributed by atoms with Crippen molar-refractivity contribution in [3.63, 3.8) is 0 Å². The van der Waals surface area contributed by atoms with Gasteiger partial charge in [0.05, 0.1) is 12.7 Å². The first kappa shape index (κ1) is 11.0. The third-order valence-electron chi connectivity index (χ3n) is 2.11. The molecule has 2 N–H and O–H groups in total. The van der Waals surface area contributed by atoms with Gasteiger partial charge in [-0.3, -0.25) is 0 Å². The standard InChI is InChI=1S/C9H13IN4O/c10-7-3-12-9(13-4-7)14-6-8-5-11-1-2-15-8/h3-4,8,11H,1-2,5-6H2,(H,12,13,14). The Bertz CT molecular complexity index is 299. The Balaban J connectivity index is 1.79. The highest BCUT2D eigenvalue weighted by Gasteiger charge is 2.12. The fourth-order valence-electron chi connectivity index (χ4n) is 1.36. The molecule has 1 aromatic rings. The van der Waals surface area contributed by atoms with Crippen molar-refractivity contribution in [3.8, 4) is 0 Å². The molecule has 6 heteroatoms. The molecular weight excluding hydrogens is 307 g/mol. The molecule has 0 amide bonds. The predicted molar refractivity (Wildman–Crippen MR) is 65.8 cm³/mol. The Kier molecular flexibility index (Phi) is 4.09. The maximum Gasteiger partial charge on any atom is 0.222 e. The lowest BCUT2D eigenvalue weighted by Gasteiger charge is -2.23. The van der Waals surface area contributed by atoms with Crippen LogP contribution in [-0.2, 0) is 4.74 Å². The number of aromatic nitrogens is 2. The summed E-state index contributed by atoms with van der Waals surface area (Å²) in [6.07, 6.45) is 3.78. The van der Waals surface area contributed by atoms with Gasteiger partial charge in [0.15, 0.2) is 0 Å². The van der Waals surface area contributed by atoms with Crippen LogP contribution in [0.3, 0.4) is 0 Å². The summed E-state index contributed by atoms with van der Waals surface area (Å²) >= 11 is 2.18. The molecule has 1 saturated heterocycles. The van der Waals surface area contributed by atoms with Gasteiger partial charge in [-0.15, -0.1) is 0 Å².